The van der Waals surface area contributed by atoms with Gasteiger partial charge in [0.15, 0.2) is 0 Å². The van der Waals surface area contributed by atoms with Gasteiger partial charge in [-0.2, -0.15) is 12.6 Å². The molecular formula is C12H14ClNOS. The van der Waals surface area contributed by atoms with Crippen molar-refractivity contribution in [1.29, 1.82) is 0 Å². The Morgan fingerprint density at radius 2 is 2.06 bits per heavy atom. The van der Waals surface area contributed by atoms with Gasteiger partial charge < -0.3 is 4.90 Å². The molecule has 1 aromatic carbocycles. The van der Waals surface area contributed by atoms with Gasteiger partial charge in [0.2, 0.25) is 5.91 Å². The SMILES string of the molecule is O=C1CC(CS)CN1Cc1ccc(Cl)cc1. The van der Waals surface area contributed by atoms with Crippen LogP contribution in [0.4, 0.5) is 0 Å². The molecule has 1 aliphatic rings. The molecule has 86 valence electrons. The molecule has 2 rings (SSSR count). The Balaban J connectivity index is 2.00. The van der Waals surface area contributed by atoms with E-state index in [1.54, 1.807) is 0 Å². The maximum Gasteiger partial charge on any atom is 0.223 e. The fourth-order valence-corrected chi connectivity index (χ4v) is 2.31. The van der Waals surface area contributed by atoms with Gasteiger partial charge in [-0.25, -0.2) is 0 Å². The number of halogens is 1. The summed E-state index contributed by atoms with van der Waals surface area (Å²) in [5.74, 6) is 1.42. The van der Waals surface area contributed by atoms with Crippen molar-refractivity contribution in [2.45, 2.75) is 13.0 Å². The van der Waals surface area contributed by atoms with E-state index in [4.69, 9.17) is 11.6 Å². The van der Waals surface area contributed by atoms with Crippen LogP contribution in [-0.4, -0.2) is 23.1 Å². The molecule has 0 radical (unpaired) electrons. The van der Waals surface area contributed by atoms with Crippen LogP contribution in [0.3, 0.4) is 0 Å². The number of carbonyl (C=O) groups excluding carboxylic acids is 1. The summed E-state index contributed by atoms with van der Waals surface area (Å²) in [6, 6.07) is 7.63. The largest absolute Gasteiger partial charge is 0.338 e. The lowest BCUT2D eigenvalue weighted by molar-refractivity contribution is -0.128. The number of amides is 1. The maximum absolute atomic E-state index is 11.7. The number of rotatable bonds is 3. The second kappa shape index (κ2) is 5.11. The molecule has 1 atom stereocenters. The van der Waals surface area contributed by atoms with Crippen LogP contribution in [0.2, 0.25) is 5.02 Å². The van der Waals surface area contributed by atoms with Gasteiger partial charge in [-0.15, -0.1) is 0 Å². The van der Waals surface area contributed by atoms with Crippen LogP contribution in [0, 0.1) is 5.92 Å². The molecule has 0 bridgehead atoms. The first-order chi connectivity index (χ1) is 7.69. The second-order valence-electron chi connectivity index (χ2n) is 4.15. The monoisotopic (exact) mass is 255 g/mol. The van der Waals surface area contributed by atoms with E-state index in [2.05, 4.69) is 12.6 Å². The molecule has 0 spiro atoms. The van der Waals surface area contributed by atoms with Crippen molar-refractivity contribution < 1.29 is 4.79 Å². The van der Waals surface area contributed by atoms with Crippen molar-refractivity contribution in [2.24, 2.45) is 5.92 Å². The standard InChI is InChI=1S/C12H14ClNOS/c13-11-3-1-9(2-4-11)6-14-7-10(8-16)5-12(14)15/h1-4,10,16H,5-8H2. The predicted molar refractivity (Wildman–Crippen MR) is 68.8 cm³/mol. The molecule has 1 amide bonds. The van der Waals surface area contributed by atoms with E-state index in [0.29, 0.717) is 18.9 Å². The van der Waals surface area contributed by atoms with Crippen molar-refractivity contribution in [3.8, 4) is 0 Å². The topological polar surface area (TPSA) is 20.3 Å². The summed E-state index contributed by atoms with van der Waals surface area (Å²) in [6.07, 6.45) is 0.636. The highest BCUT2D eigenvalue weighted by molar-refractivity contribution is 7.80. The molecule has 16 heavy (non-hydrogen) atoms. The van der Waals surface area contributed by atoms with E-state index >= 15 is 0 Å². The molecule has 1 saturated heterocycles. The Hall–Kier alpha value is -0.670. The molecule has 2 nitrogen and oxygen atoms in total. The first kappa shape index (κ1) is 11.8. The van der Waals surface area contributed by atoms with Crippen molar-refractivity contribution in [3.05, 3.63) is 34.9 Å². The van der Waals surface area contributed by atoms with E-state index in [-0.39, 0.29) is 5.91 Å². The van der Waals surface area contributed by atoms with Crippen LogP contribution in [0.5, 0.6) is 0 Å². The first-order valence-electron chi connectivity index (χ1n) is 5.32. The molecule has 0 aromatic heterocycles. The lowest BCUT2D eigenvalue weighted by atomic mass is 10.1. The first-order valence-corrected chi connectivity index (χ1v) is 6.33. The zero-order chi connectivity index (χ0) is 11.5. The fraction of sp³-hybridized carbons (Fsp3) is 0.417. The molecule has 0 saturated carbocycles. The molecule has 1 aliphatic heterocycles. The average molecular weight is 256 g/mol. The van der Waals surface area contributed by atoms with Gasteiger partial charge >= 0.3 is 0 Å². The smallest absolute Gasteiger partial charge is 0.223 e. The van der Waals surface area contributed by atoms with Crippen LogP contribution in [-0.2, 0) is 11.3 Å². The lowest BCUT2D eigenvalue weighted by Gasteiger charge is -2.16. The normalized spacial score (nSPS) is 20.5. The van der Waals surface area contributed by atoms with Crippen LogP contribution in [0.15, 0.2) is 24.3 Å². The molecule has 0 N–H and O–H groups in total. The minimum atomic E-state index is 0.231. The van der Waals surface area contributed by atoms with E-state index in [1.165, 1.54) is 0 Å². The van der Waals surface area contributed by atoms with E-state index in [0.717, 1.165) is 22.9 Å². The molecular weight excluding hydrogens is 242 g/mol. The van der Waals surface area contributed by atoms with Crippen molar-refractivity contribution in [3.63, 3.8) is 0 Å². The zero-order valence-electron chi connectivity index (χ0n) is 8.90. The van der Waals surface area contributed by atoms with E-state index in [1.807, 2.05) is 29.2 Å². The van der Waals surface area contributed by atoms with Crippen LogP contribution in [0.25, 0.3) is 0 Å². The molecule has 4 heteroatoms. The van der Waals surface area contributed by atoms with Gasteiger partial charge in [-0.1, -0.05) is 23.7 Å². The Morgan fingerprint density at radius 3 is 2.62 bits per heavy atom. The van der Waals surface area contributed by atoms with Crippen molar-refractivity contribution >= 4 is 30.1 Å². The number of benzene rings is 1. The number of carbonyl (C=O) groups is 1. The molecule has 0 aliphatic carbocycles. The Kier molecular flexibility index (Phi) is 3.77. The lowest BCUT2D eigenvalue weighted by Crippen LogP contribution is -2.24. The van der Waals surface area contributed by atoms with Gasteiger partial charge in [0, 0.05) is 24.5 Å². The van der Waals surface area contributed by atoms with Gasteiger partial charge in [-0.3, -0.25) is 4.79 Å². The molecule has 1 heterocycles. The number of nitrogens with zero attached hydrogens (tertiary/aromatic N) is 1. The fourth-order valence-electron chi connectivity index (χ4n) is 1.94. The van der Waals surface area contributed by atoms with E-state index in [9.17, 15) is 4.79 Å². The molecule has 1 aromatic rings. The Bertz CT molecular complexity index is 379. The number of hydrogen-bond acceptors (Lipinski definition) is 2. The van der Waals surface area contributed by atoms with Crippen LogP contribution >= 0.6 is 24.2 Å². The quantitative estimate of drug-likeness (QED) is 0.824. The minimum Gasteiger partial charge on any atom is -0.338 e. The maximum atomic E-state index is 11.7. The third-order valence-electron chi connectivity index (χ3n) is 2.84. The summed E-state index contributed by atoms with van der Waals surface area (Å²) in [7, 11) is 0. The number of hydrogen-bond donors (Lipinski definition) is 1. The summed E-state index contributed by atoms with van der Waals surface area (Å²) in [4.78, 5) is 13.6. The highest BCUT2D eigenvalue weighted by Crippen LogP contribution is 2.21. The summed E-state index contributed by atoms with van der Waals surface area (Å²) in [5, 5.41) is 0.727. The average Bonchev–Trinajstić information content (AvgIpc) is 2.63. The third kappa shape index (κ3) is 2.71. The number of thiol groups is 1. The van der Waals surface area contributed by atoms with Crippen LogP contribution in [0.1, 0.15) is 12.0 Å². The zero-order valence-corrected chi connectivity index (χ0v) is 10.5. The Morgan fingerprint density at radius 1 is 1.38 bits per heavy atom. The summed E-state index contributed by atoms with van der Waals surface area (Å²) >= 11 is 10.1. The molecule has 1 unspecified atom stereocenters. The summed E-state index contributed by atoms with van der Waals surface area (Å²) in [5.41, 5.74) is 1.12. The molecule has 1 fully saturated rings. The minimum absolute atomic E-state index is 0.231. The van der Waals surface area contributed by atoms with Gasteiger partial charge in [0.1, 0.15) is 0 Å². The van der Waals surface area contributed by atoms with E-state index < -0.39 is 0 Å². The predicted octanol–water partition coefficient (Wildman–Crippen LogP) is 2.62. The van der Waals surface area contributed by atoms with Gasteiger partial charge in [0.05, 0.1) is 0 Å². The highest BCUT2D eigenvalue weighted by atomic mass is 35.5. The van der Waals surface area contributed by atoms with Crippen LogP contribution < -0.4 is 0 Å². The number of likely N-dealkylation sites (tertiary alicyclic amines) is 1. The summed E-state index contributed by atoms with van der Waals surface area (Å²) in [6.45, 7) is 1.51. The van der Waals surface area contributed by atoms with Gasteiger partial charge in [-0.05, 0) is 29.4 Å². The Labute approximate surface area is 106 Å². The second-order valence-corrected chi connectivity index (χ2v) is 4.96. The van der Waals surface area contributed by atoms with Crippen molar-refractivity contribution in [2.75, 3.05) is 12.3 Å². The summed E-state index contributed by atoms with van der Waals surface area (Å²) < 4.78 is 0. The van der Waals surface area contributed by atoms with Gasteiger partial charge in [0.25, 0.3) is 0 Å². The third-order valence-corrected chi connectivity index (χ3v) is 3.61. The van der Waals surface area contributed by atoms with Crippen molar-refractivity contribution in [1.82, 2.24) is 4.90 Å². The highest BCUT2D eigenvalue weighted by Gasteiger charge is 2.28.